The summed E-state index contributed by atoms with van der Waals surface area (Å²) < 4.78 is 2.08. The van der Waals surface area contributed by atoms with Gasteiger partial charge in [-0.1, -0.05) is 30.3 Å². The first-order valence-corrected chi connectivity index (χ1v) is 12.0. The molecule has 34 heavy (non-hydrogen) atoms. The first-order valence-electron chi connectivity index (χ1n) is 11.2. The number of rotatable bonds is 5. The number of para-hydroxylation sites is 2. The van der Waals surface area contributed by atoms with Crippen LogP contribution in [0.25, 0.3) is 17.0 Å². The number of nitrogen functional groups attached to an aromatic ring is 1. The zero-order valence-corrected chi connectivity index (χ0v) is 19.5. The number of carbonyl (C=O) groups is 1. The average Bonchev–Trinajstić information content (AvgIpc) is 3.42. The Morgan fingerprint density at radius 2 is 1.91 bits per heavy atom. The van der Waals surface area contributed by atoms with Gasteiger partial charge < -0.3 is 11.1 Å². The molecule has 5 aromatic rings. The van der Waals surface area contributed by atoms with Gasteiger partial charge in [-0.15, -0.1) is 11.3 Å². The Hall–Kier alpha value is -3.97. The normalized spacial score (nSPS) is 14.3. The van der Waals surface area contributed by atoms with Crippen molar-refractivity contribution in [3.8, 4) is 11.4 Å². The number of amides is 1. The third-order valence-electron chi connectivity index (χ3n) is 6.50. The molecule has 3 heterocycles. The van der Waals surface area contributed by atoms with Gasteiger partial charge >= 0.3 is 0 Å². The SMILES string of the molecule is Cc1sc(C2(c3cccc(C(=O)Nc4ccccc4N)c3)CC2)nc1-c1cnc2ccccn12. The highest BCUT2D eigenvalue weighted by Crippen LogP contribution is 2.55. The van der Waals surface area contributed by atoms with Crippen LogP contribution >= 0.6 is 11.3 Å². The van der Waals surface area contributed by atoms with E-state index in [1.54, 1.807) is 23.5 Å². The Kier molecular flexibility index (Phi) is 4.74. The summed E-state index contributed by atoms with van der Waals surface area (Å²) >= 11 is 1.73. The summed E-state index contributed by atoms with van der Waals surface area (Å²) in [5.74, 6) is -0.169. The third-order valence-corrected chi connectivity index (χ3v) is 7.68. The fraction of sp³-hybridized carbons (Fsp3) is 0.148. The minimum absolute atomic E-state index is 0.143. The number of pyridine rings is 1. The van der Waals surface area contributed by atoms with Crippen molar-refractivity contribution in [3.05, 3.63) is 100 Å². The van der Waals surface area contributed by atoms with Crippen LogP contribution in [0.4, 0.5) is 11.4 Å². The summed E-state index contributed by atoms with van der Waals surface area (Å²) in [6.45, 7) is 2.11. The van der Waals surface area contributed by atoms with E-state index in [1.807, 2.05) is 60.9 Å². The maximum absolute atomic E-state index is 13.0. The van der Waals surface area contributed by atoms with Crippen LogP contribution in [0.2, 0.25) is 0 Å². The lowest BCUT2D eigenvalue weighted by molar-refractivity contribution is 0.102. The lowest BCUT2D eigenvalue weighted by atomic mass is 9.94. The van der Waals surface area contributed by atoms with Gasteiger partial charge in [-0.25, -0.2) is 9.97 Å². The Morgan fingerprint density at radius 3 is 2.74 bits per heavy atom. The zero-order chi connectivity index (χ0) is 23.3. The highest BCUT2D eigenvalue weighted by Gasteiger charge is 2.49. The second-order valence-corrected chi connectivity index (χ2v) is 9.90. The van der Waals surface area contributed by atoms with Crippen LogP contribution in [0.1, 0.15) is 38.6 Å². The van der Waals surface area contributed by atoms with Crippen LogP contribution in [0, 0.1) is 6.92 Å². The van der Waals surface area contributed by atoms with Crippen LogP contribution in [-0.4, -0.2) is 20.3 Å². The minimum Gasteiger partial charge on any atom is -0.397 e. The van der Waals surface area contributed by atoms with Crippen molar-refractivity contribution in [1.82, 2.24) is 14.4 Å². The molecule has 168 valence electrons. The molecule has 0 atom stereocenters. The standard InChI is InChI=1S/C27H23N5OS/c1-17-24(22-16-29-23-11-4-5-14-32(22)23)31-26(34-17)27(12-13-27)19-8-6-7-18(15-19)25(33)30-21-10-3-2-9-20(21)28/h2-11,14-16H,12-13,28H2,1H3,(H,30,33). The number of thiazole rings is 1. The molecule has 3 aromatic heterocycles. The highest BCUT2D eigenvalue weighted by molar-refractivity contribution is 7.12. The molecule has 1 aliphatic rings. The first-order chi connectivity index (χ1) is 16.5. The molecule has 0 bridgehead atoms. The van der Waals surface area contributed by atoms with Crippen molar-refractivity contribution < 1.29 is 4.79 Å². The lowest BCUT2D eigenvalue weighted by Gasteiger charge is -2.14. The number of fused-ring (bicyclic) bond motifs is 1. The van der Waals surface area contributed by atoms with Gasteiger partial charge in [-0.2, -0.15) is 0 Å². The molecule has 6 rings (SSSR count). The van der Waals surface area contributed by atoms with Crippen LogP contribution in [0.5, 0.6) is 0 Å². The van der Waals surface area contributed by atoms with Gasteiger partial charge in [-0.05, 0) is 61.7 Å². The van der Waals surface area contributed by atoms with Gasteiger partial charge in [0.25, 0.3) is 5.91 Å². The molecule has 1 aliphatic carbocycles. The Balaban J connectivity index is 1.33. The number of benzene rings is 2. The van der Waals surface area contributed by atoms with Gasteiger partial charge in [0.2, 0.25) is 0 Å². The van der Waals surface area contributed by atoms with Crippen LogP contribution in [-0.2, 0) is 5.41 Å². The molecule has 0 radical (unpaired) electrons. The van der Waals surface area contributed by atoms with Gasteiger partial charge in [-0.3, -0.25) is 9.20 Å². The number of nitrogens with one attached hydrogen (secondary N) is 1. The van der Waals surface area contributed by atoms with E-state index < -0.39 is 0 Å². The average molecular weight is 466 g/mol. The minimum atomic E-state index is -0.169. The predicted octanol–water partition coefficient (Wildman–Crippen LogP) is 5.68. The second kappa shape index (κ2) is 7.81. The topological polar surface area (TPSA) is 85.3 Å². The van der Waals surface area contributed by atoms with Crippen molar-refractivity contribution >= 4 is 34.3 Å². The van der Waals surface area contributed by atoms with E-state index >= 15 is 0 Å². The number of nitrogens with two attached hydrogens (primary N) is 1. The van der Waals surface area contributed by atoms with Crippen molar-refractivity contribution in [2.24, 2.45) is 0 Å². The van der Waals surface area contributed by atoms with Crippen molar-refractivity contribution in [2.75, 3.05) is 11.1 Å². The number of aromatic nitrogens is 3. The third kappa shape index (κ3) is 3.36. The molecule has 7 heteroatoms. The number of anilines is 2. The largest absolute Gasteiger partial charge is 0.397 e. The van der Waals surface area contributed by atoms with Crippen molar-refractivity contribution in [1.29, 1.82) is 0 Å². The quantitative estimate of drug-likeness (QED) is 0.327. The predicted molar refractivity (Wildman–Crippen MR) is 136 cm³/mol. The first kappa shape index (κ1) is 20.6. The summed E-state index contributed by atoms with van der Waals surface area (Å²) in [7, 11) is 0. The molecule has 0 saturated heterocycles. The number of aryl methyl sites for hydroxylation is 1. The summed E-state index contributed by atoms with van der Waals surface area (Å²) in [6, 6.07) is 21.1. The summed E-state index contributed by atoms with van der Waals surface area (Å²) in [4.78, 5) is 23.8. The Bertz CT molecular complexity index is 1550. The van der Waals surface area contributed by atoms with Gasteiger partial charge in [0, 0.05) is 22.1 Å². The van der Waals surface area contributed by atoms with Crippen LogP contribution in [0.3, 0.4) is 0 Å². The van der Waals surface area contributed by atoms with E-state index in [9.17, 15) is 4.79 Å². The molecule has 0 aliphatic heterocycles. The molecule has 3 N–H and O–H groups in total. The van der Waals surface area contributed by atoms with E-state index in [1.165, 1.54) is 4.88 Å². The molecule has 0 spiro atoms. The number of imidazole rings is 1. The fourth-order valence-corrected chi connectivity index (χ4v) is 5.65. The number of hydrogen-bond acceptors (Lipinski definition) is 5. The van der Waals surface area contributed by atoms with E-state index in [0.717, 1.165) is 40.4 Å². The van der Waals surface area contributed by atoms with E-state index in [-0.39, 0.29) is 11.3 Å². The highest BCUT2D eigenvalue weighted by atomic mass is 32.1. The van der Waals surface area contributed by atoms with Gasteiger partial charge in [0.15, 0.2) is 0 Å². The van der Waals surface area contributed by atoms with E-state index in [0.29, 0.717) is 16.9 Å². The maximum atomic E-state index is 13.0. The monoisotopic (exact) mass is 465 g/mol. The molecule has 0 unspecified atom stereocenters. The molecule has 6 nitrogen and oxygen atoms in total. The maximum Gasteiger partial charge on any atom is 0.255 e. The number of carbonyl (C=O) groups excluding carboxylic acids is 1. The Labute approximate surface area is 201 Å². The summed E-state index contributed by atoms with van der Waals surface area (Å²) in [5, 5.41) is 4.02. The molecular formula is C27H23N5OS. The Morgan fingerprint density at radius 1 is 1.09 bits per heavy atom. The smallest absolute Gasteiger partial charge is 0.255 e. The van der Waals surface area contributed by atoms with Gasteiger partial charge in [0.1, 0.15) is 16.3 Å². The lowest BCUT2D eigenvalue weighted by Crippen LogP contribution is -2.15. The van der Waals surface area contributed by atoms with Gasteiger partial charge in [0.05, 0.1) is 23.3 Å². The molecule has 1 fully saturated rings. The summed E-state index contributed by atoms with van der Waals surface area (Å²) in [6.07, 6.45) is 5.94. The molecule has 1 saturated carbocycles. The molecule has 1 amide bonds. The second-order valence-electron chi connectivity index (χ2n) is 8.70. The van der Waals surface area contributed by atoms with Crippen molar-refractivity contribution in [3.63, 3.8) is 0 Å². The molecule has 2 aromatic carbocycles. The number of hydrogen-bond donors (Lipinski definition) is 2. The zero-order valence-electron chi connectivity index (χ0n) is 18.7. The molecular weight excluding hydrogens is 442 g/mol. The van der Waals surface area contributed by atoms with E-state index in [2.05, 4.69) is 27.7 Å². The van der Waals surface area contributed by atoms with Crippen LogP contribution < -0.4 is 11.1 Å². The van der Waals surface area contributed by atoms with Crippen LogP contribution in [0.15, 0.2) is 79.1 Å². The number of nitrogens with zero attached hydrogens (tertiary/aromatic N) is 3. The summed E-state index contributed by atoms with van der Waals surface area (Å²) in [5.41, 5.74) is 11.6. The fourth-order valence-electron chi connectivity index (χ4n) is 4.46. The van der Waals surface area contributed by atoms with Crippen molar-refractivity contribution in [2.45, 2.75) is 25.2 Å². The van der Waals surface area contributed by atoms with E-state index in [4.69, 9.17) is 10.7 Å².